The highest BCUT2D eigenvalue weighted by Gasteiger charge is 2.02. The summed E-state index contributed by atoms with van der Waals surface area (Å²) in [6, 6.07) is 0.432. The minimum atomic E-state index is 0.432. The van der Waals surface area contributed by atoms with Gasteiger partial charge in [-0.3, -0.25) is 0 Å². The van der Waals surface area contributed by atoms with Crippen LogP contribution in [0, 0.1) is 6.92 Å². The SMILES string of the molecule is CNC(C)/C(C)=C/c1scnc1C. The number of likely N-dealkylation sites (N-methyl/N-ethyl adjacent to an activating group) is 1. The summed E-state index contributed by atoms with van der Waals surface area (Å²) in [7, 11) is 1.97. The first-order chi connectivity index (χ1) is 6.15. The first-order valence-electron chi connectivity index (χ1n) is 4.40. The van der Waals surface area contributed by atoms with E-state index in [9.17, 15) is 0 Å². The van der Waals surface area contributed by atoms with Crippen LogP contribution in [0.1, 0.15) is 24.4 Å². The van der Waals surface area contributed by atoms with Crippen LogP contribution in [-0.2, 0) is 0 Å². The maximum Gasteiger partial charge on any atom is 0.0801 e. The summed E-state index contributed by atoms with van der Waals surface area (Å²) < 4.78 is 0. The van der Waals surface area contributed by atoms with Crippen molar-refractivity contribution in [3.05, 3.63) is 21.7 Å². The molecule has 1 atom stereocenters. The molecule has 0 amide bonds. The molecule has 13 heavy (non-hydrogen) atoms. The van der Waals surface area contributed by atoms with Crippen LogP contribution in [0.4, 0.5) is 0 Å². The Morgan fingerprint density at radius 3 is 2.85 bits per heavy atom. The van der Waals surface area contributed by atoms with Gasteiger partial charge in [-0.05, 0) is 33.9 Å². The summed E-state index contributed by atoms with van der Waals surface area (Å²) in [5.41, 5.74) is 4.35. The van der Waals surface area contributed by atoms with Gasteiger partial charge < -0.3 is 5.32 Å². The Morgan fingerprint density at radius 1 is 1.69 bits per heavy atom. The highest BCUT2D eigenvalue weighted by molar-refractivity contribution is 7.10. The van der Waals surface area contributed by atoms with E-state index in [1.165, 1.54) is 10.5 Å². The van der Waals surface area contributed by atoms with Crippen molar-refractivity contribution in [1.82, 2.24) is 10.3 Å². The van der Waals surface area contributed by atoms with E-state index < -0.39 is 0 Å². The molecular weight excluding hydrogens is 180 g/mol. The van der Waals surface area contributed by atoms with Crippen molar-refractivity contribution in [1.29, 1.82) is 0 Å². The minimum Gasteiger partial charge on any atom is -0.314 e. The molecule has 0 aliphatic heterocycles. The Hall–Kier alpha value is -0.670. The first kappa shape index (κ1) is 10.4. The number of nitrogens with one attached hydrogen (secondary N) is 1. The maximum absolute atomic E-state index is 4.21. The largest absolute Gasteiger partial charge is 0.314 e. The first-order valence-corrected chi connectivity index (χ1v) is 5.28. The van der Waals surface area contributed by atoms with Crippen molar-refractivity contribution in [2.24, 2.45) is 0 Å². The summed E-state index contributed by atoms with van der Waals surface area (Å²) >= 11 is 1.69. The van der Waals surface area contributed by atoms with Crippen LogP contribution in [0.2, 0.25) is 0 Å². The Kier molecular flexibility index (Phi) is 3.63. The monoisotopic (exact) mass is 196 g/mol. The molecular formula is C10H16N2S. The summed E-state index contributed by atoms with van der Waals surface area (Å²) in [6.07, 6.45) is 2.20. The third-order valence-electron chi connectivity index (χ3n) is 2.26. The van der Waals surface area contributed by atoms with Gasteiger partial charge in [-0.15, -0.1) is 11.3 Å². The third kappa shape index (κ3) is 2.64. The van der Waals surface area contributed by atoms with Crippen molar-refractivity contribution in [3.8, 4) is 0 Å². The van der Waals surface area contributed by atoms with E-state index in [4.69, 9.17) is 0 Å². The molecule has 1 rings (SSSR count). The van der Waals surface area contributed by atoms with Gasteiger partial charge in [0, 0.05) is 10.9 Å². The van der Waals surface area contributed by atoms with Gasteiger partial charge in [-0.25, -0.2) is 4.98 Å². The van der Waals surface area contributed by atoms with Crippen molar-refractivity contribution in [2.45, 2.75) is 26.8 Å². The number of nitrogens with zero attached hydrogens (tertiary/aromatic N) is 1. The lowest BCUT2D eigenvalue weighted by Gasteiger charge is -2.09. The van der Waals surface area contributed by atoms with E-state index in [0.29, 0.717) is 6.04 Å². The lowest BCUT2D eigenvalue weighted by Crippen LogP contribution is -2.21. The van der Waals surface area contributed by atoms with Gasteiger partial charge in [-0.2, -0.15) is 0 Å². The van der Waals surface area contributed by atoms with Gasteiger partial charge in [0.2, 0.25) is 0 Å². The Labute approximate surface area is 83.7 Å². The van der Waals surface area contributed by atoms with Crippen molar-refractivity contribution < 1.29 is 0 Å². The molecule has 0 aromatic carbocycles. The molecule has 1 aromatic heterocycles. The molecule has 0 bridgehead atoms. The number of rotatable bonds is 3. The third-order valence-corrected chi connectivity index (χ3v) is 3.14. The quantitative estimate of drug-likeness (QED) is 0.803. The number of thiazole rings is 1. The van der Waals surface area contributed by atoms with Crippen LogP contribution in [0.3, 0.4) is 0 Å². The summed E-state index contributed by atoms with van der Waals surface area (Å²) in [4.78, 5) is 5.47. The fraction of sp³-hybridized carbons (Fsp3) is 0.500. The molecule has 0 spiro atoms. The highest BCUT2D eigenvalue weighted by Crippen LogP contribution is 2.17. The molecule has 1 unspecified atom stereocenters. The van der Waals surface area contributed by atoms with Gasteiger partial charge in [0.25, 0.3) is 0 Å². The van der Waals surface area contributed by atoms with Crippen LogP contribution < -0.4 is 5.32 Å². The van der Waals surface area contributed by atoms with E-state index in [1.54, 1.807) is 11.3 Å². The van der Waals surface area contributed by atoms with Crippen molar-refractivity contribution in [2.75, 3.05) is 7.05 Å². The van der Waals surface area contributed by atoms with Gasteiger partial charge in [0.15, 0.2) is 0 Å². The molecule has 72 valence electrons. The average molecular weight is 196 g/mol. The van der Waals surface area contributed by atoms with Crippen molar-refractivity contribution >= 4 is 17.4 Å². The molecule has 2 nitrogen and oxygen atoms in total. The summed E-state index contributed by atoms with van der Waals surface area (Å²) in [5, 5.41) is 3.21. The van der Waals surface area contributed by atoms with Crippen LogP contribution >= 0.6 is 11.3 Å². The lowest BCUT2D eigenvalue weighted by atomic mass is 10.1. The van der Waals surface area contributed by atoms with Gasteiger partial charge in [0.1, 0.15) is 0 Å². The second kappa shape index (κ2) is 4.53. The predicted molar refractivity (Wildman–Crippen MR) is 59.0 cm³/mol. The standard InChI is InChI=1S/C10H16N2S/c1-7(8(2)11-4)5-10-9(3)12-6-13-10/h5-6,8,11H,1-4H3/b7-5+. The second-order valence-corrected chi connectivity index (χ2v) is 4.09. The molecule has 0 aliphatic carbocycles. The zero-order valence-electron chi connectivity index (χ0n) is 8.59. The second-order valence-electron chi connectivity index (χ2n) is 3.20. The van der Waals surface area contributed by atoms with E-state index >= 15 is 0 Å². The molecule has 0 radical (unpaired) electrons. The fourth-order valence-corrected chi connectivity index (χ4v) is 1.81. The topological polar surface area (TPSA) is 24.9 Å². The molecule has 0 saturated carbocycles. The highest BCUT2D eigenvalue weighted by atomic mass is 32.1. The van der Waals surface area contributed by atoms with E-state index in [0.717, 1.165) is 5.69 Å². The van der Waals surface area contributed by atoms with Crippen molar-refractivity contribution in [3.63, 3.8) is 0 Å². The minimum absolute atomic E-state index is 0.432. The van der Waals surface area contributed by atoms with Gasteiger partial charge in [0.05, 0.1) is 11.2 Å². The van der Waals surface area contributed by atoms with E-state index in [1.807, 2.05) is 19.5 Å². The van der Waals surface area contributed by atoms with Gasteiger partial charge >= 0.3 is 0 Å². The summed E-state index contributed by atoms with van der Waals surface area (Å²) in [6.45, 7) is 6.34. The maximum atomic E-state index is 4.21. The molecule has 0 saturated heterocycles. The molecule has 3 heteroatoms. The molecule has 0 fully saturated rings. The lowest BCUT2D eigenvalue weighted by molar-refractivity contribution is 0.696. The van der Waals surface area contributed by atoms with Gasteiger partial charge in [-0.1, -0.05) is 5.57 Å². The molecule has 1 N–H and O–H groups in total. The van der Waals surface area contributed by atoms with Crippen LogP contribution in [0.25, 0.3) is 6.08 Å². The van der Waals surface area contributed by atoms with E-state index in [-0.39, 0.29) is 0 Å². The van der Waals surface area contributed by atoms with Crippen LogP contribution in [0.5, 0.6) is 0 Å². The fourth-order valence-electron chi connectivity index (χ4n) is 1.01. The number of hydrogen-bond acceptors (Lipinski definition) is 3. The van der Waals surface area contributed by atoms with Crippen LogP contribution in [-0.4, -0.2) is 18.1 Å². The van der Waals surface area contributed by atoms with E-state index in [2.05, 4.69) is 30.2 Å². The summed E-state index contributed by atoms with van der Waals surface area (Å²) in [5.74, 6) is 0. The smallest absolute Gasteiger partial charge is 0.0801 e. The zero-order chi connectivity index (χ0) is 9.84. The Balaban J connectivity index is 2.82. The molecule has 0 aliphatic rings. The zero-order valence-corrected chi connectivity index (χ0v) is 9.40. The number of aryl methyl sites for hydroxylation is 1. The predicted octanol–water partition coefficient (Wildman–Crippen LogP) is 2.46. The normalized spacial score (nSPS) is 14.6. The van der Waals surface area contributed by atoms with Crippen LogP contribution in [0.15, 0.2) is 11.1 Å². The number of aromatic nitrogens is 1. The Morgan fingerprint density at radius 2 is 2.38 bits per heavy atom. The molecule has 1 heterocycles. The molecule has 1 aromatic rings. The number of hydrogen-bond donors (Lipinski definition) is 1. The average Bonchev–Trinajstić information content (AvgIpc) is 2.50. The Bertz CT molecular complexity index is 302.